The highest BCUT2D eigenvalue weighted by molar-refractivity contribution is 5.90. The number of esters is 1. The van der Waals surface area contributed by atoms with Gasteiger partial charge in [-0.25, -0.2) is 4.98 Å². The molecule has 2 aromatic heterocycles. The molecule has 17 nitrogen and oxygen atoms in total. The molecule has 0 radical (unpaired) electrons. The number of carbonyl (C=O) groups is 5. The summed E-state index contributed by atoms with van der Waals surface area (Å²) in [7, 11) is 3.21. The molecule has 0 bridgehead atoms. The van der Waals surface area contributed by atoms with Gasteiger partial charge in [-0.05, 0) is 143 Å². The Bertz CT molecular complexity index is 2400. The van der Waals surface area contributed by atoms with E-state index >= 15 is 0 Å². The van der Waals surface area contributed by atoms with Crippen molar-refractivity contribution in [2.24, 2.45) is 17.8 Å². The summed E-state index contributed by atoms with van der Waals surface area (Å²) in [5.74, 6) is 1.13. The molecule has 4 atom stereocenters. The van der Waals surface area contributed by atoms with Crippen molar-refractivity contribution >= 4 is 41.1 Å². The molecule has 6 heterocycles. The zero-order valence-corrected chi connectivity index (χ0v) is 45.1. The maximum Gasteiger partial charge on any atom is 0.306 e. The first-order chi connectivity index (χ1) is 37.1. The van der Waals surface area contributed by atoms with Gasteiger partial charge < -0.3 is 49.8 Å². The van der Waals surface area contributed by atoms with Gasteiger partial charge in [0.2, 0.25) is 23.6 Å². The average molecular weight is 1050 g/mol. The third-order valence-corrected chi connectivity index (χ3v) is 17.2. The van der Waals surface area contributed by atoms with Crippen LogP contribution >= 0.6 is 0 Å². The van der Waals surface area contributed by atoms with E-state index in [1.54, 1.807) is 24.3 Å². The molecular formula is C59H83N9O8. The van der Waals surface area contributed by atoms with Gasteiger partial charge in [0.05, 0.1) is 44.3 Å². The maximum atomic E-state index is 13.8. The summed E-state index contributed by atoms with van der Waals surface area (Å²) >= 11 is 0. The van der Waals surface area contributed by atoms with Crippen molar-refractivity contribution in [3.63, 3.8) is 0 Å². The Morgan fingerprint density at radius 3 is 2.43 bits per heavy atom. The van der Waals surface area contributed by atoms with Gasteiger partial charge in [0.15, 0.2) is 0 Å². The number of nitrogens with one attached hydrogen (secondary N) is 3. The summed E-state index contributed by atoms with van der Waals surface area (Å²) in [5, 5.41) is 9.68. The summed E-state index contributed by atoms with van der Waals surface area (Å²) in [5.41, 5.74) is 5.63. The molecule has 1 aromatic carbocycles. The predicted octanol–water partition coefficient (Wildman–Crippen LogP) is 6.22. The lowest BCUT2D eigenvalue weighted by atomic mass is 9.85. The number of rotatable bonds is 22. The molecule has 412 valence electrons. The summed E-state index contributed by atoms with van der Waals surface area (Å²) in [6.45, 7) is 8.08. The number of methoxy groups -OCH3 is 1. The molecule has 76 heavy (non-hydrogen) atoms. The van der Waals surface area contributed by atoms with Gasteiger partial charge in [0.1, 0.15) is 5.82 Å². The highest BCUT2D eigenvalue weighted by Crippen LogP contribution is 2.37. The number of hydrogen-bond donors (Lipinski definition) is 3. The van der Waals surface area contributed by atoms with Gasteiger partial charge in [0.25, 0.3) is 0 Å². The summed E-state index contributed by atoms with van der Waals surface area (Å²) in [4.78, 5) is 82.7. The molecule has 2 saturated carbocycles. The zero-order chi connectivity index (χ0) is 52.8. The van der Waals surface area contributed by atoms with E-state index in [4.69, 9.17) is 19.2 Å². The van der Waals surface area contributed by atoms with Crippen LogP contribution in [0.15, 0.2) is 60.9 Å². The van der Waals surface area contributed by atoms with Gasteiger partial charge >= 0.3 is 5.97 Å². The van der Waals surface area contributed by atoms with Crippen LogP contribution in [-0.4, -0.2) is 159 Å². The lowest BCUT2D eigenvalue weighted by Gasteiger charge is -2.39. The molecule has 3 N–H and O–H groups in total. The van der Waals surface area contributed by atoms with Gasteiger partial charge in [-0.1, -0.05) is 24.3 Å². The number of anilines is 2. The summed E-state index contributed by atoms with van der Waals surface area (Å²) in [6, 6.07) is 16.6. The average Bonchev–Trinajstić information content (AvgIpc) is 4.05. The molecule has 4 aliphatic heterocycles. The van der Waals surface area contributed by atoms with Crippen LogP contribution in [0.25, 0.3) is 0 Å². The van der Waals surface area contributed by atoms with Gasteiger partial charge in [-0.3, -0.25) is 29.0 Å². The van der Waals surface area contributed by atoms with E-state index in [1.807, 2.05) is 17.0 Å². The fourth-order valence-corrected chi connectivity index (χ4v) is 12.8. The molecule has 17 heteroatoms. The molecule has 0 spiro atoms. The minimum Gasteiger partial charge on any atom is -0.469 e. The topological polar surface area (TPSA) is 188 Å². The van der Waals surface area contributed by atoms with Crippen molar-refractivity contribution in [1.82, 2.24) is 35.3 Å². The Kier molecular flexibility index (Phi) is 19.6. The maximum absolute atomic E-state index is 13.8. The van der Waals surface area contributed by atoms with Crippen LogP contribution in [0.3, 0.4) is 0 Å². The summed E-state index contributed by atoms with van der Waals surface area (Å²) < 4.78 is 17.5. The standard InChI is InChI=1S/C59H83N9O8/c1-65-54(70)37-52(56(65)45-9-4-25-60-38-45)58(72)62-27-34-76-51-22-20-50(21-23-51)75-33-6-11-53(69)63-47-18-14-43(15-19-47)59(73)68-31-29-67(30-32-68)49-10-3-7-44(35-49)46(36-55(71)74-2)40-66-28-24-41(39-66)12-16-48-17-13-42-8-5-26-61-57(42)64-48/h3-4,7,9-10,13,17,25,35,38,41,43,46-47,50-52,56H,5-6,8,11-12,14-16,18-24,26-34,36-37,39-40H2,1-2H3,(H,61,64)(H,62,72)(H,63,69)/t41-,43-,46-,47-,50-,51-,52+,56-/m1/s1. The normalized spacial score (nSPS) is 25.4. The molecule has 6 aliphatic rings. The third kappa shape index (κ3) is 14.9. The van der Waals surface area contributed by atoms with Crippen molar-refractivity contribution in [1.29, 1.82) is 0 Å². The number of aryl methyl sites for hydroxylation is 2. The highest BCUT2D eigenvalue weighted by Gasteiger charge is 2.43. The van der Waals surface area contributed by atoms with E-state index < -0.39 is 5.92 Å². The Morgan fingerprint density at radius 2 is 1.67 bits per heavy atom. The Morgan fingerprint density at radius 1 is 0.882 bits per heavy atom. The number of carbonyl (C=O) groups excluding carboxylic acids is 5. The summed E-state index contributed by atoms with van der Waals surface area (Å²) in [6.07, 6.45) is 17.5. The zero-order valence-electron chi connectivity index (χ0n) is 45.1. The minimum absolute atomic E-state index is 0.0109. The minimum atomic E-state index is -0.463. The van der Waals surface area contributed by atoms with Gasteiger partial charge in [-0.15, -0.1) is 0 Å². The fraction of sp³-hybridized carbons (Fsp3) is 0.644. The molecular weight excluding hydrogens is 963 g/mol. The number of fused-ring (bicyclic) bond motifs is 1. The molecule has 9 rings (SSSR count). The van der Waals surface area contributed by atoms with Crippen molar-refractivity contribution in [3.8, 4) is 0 Å². The van der Waals surface area contributed by atoms with Crippen LogP contribution in [0.2, 0.25) is 0 Å². The van der Waals surface area contributed by atoms with Crippen molar-refractivity contribution < 1.29 is 38.2 Å². The lowest BCUT2D eigenvalue weighted by molar-refractivity contribution is -0.141. The molecule has 4 amide bonds. The first-order valence-electron chi connectivity index (χ1n) is 28.7. The molecule has 3 aromatic rings. The predicted molar refractivity (Wildman–Crippen MR) is 290 cm³/mol. The van der Waals surface area contributed by atoms with Crippen molar-refractivity contribution in [2.45, 2.75) is 139 Å². The van der Waals surface area contributed by atoms with Crippen molar-refractivity contribution in [2.75, 3.05) is 96.5 Å². The second kappa shape index (κ2) is 27.1. The quantitative estimate of drug-likeness (QED) is 0.0762. The number of pyridine rings is 2. The number of piperazine rings is 1. The number of benzene rings is 1. The van der Waals surface area contributed by atoms with Gasteiger partial charge in [-0.2, -0.15) is 0 Å². The molecule has 0 unspecified atom stereocenters. The van der Waals surface area contributed by atoms with Crippen LogP contribution in [0.5, 0.6) is 0 Å². The number of nitrogens with zero attached hydrogens (tertiary/aromatic N) is 6. The number of ether oxygens (including phenoxy) is 3. The second-order valence-electron chi connectivity index (χ2n) is 22.4. The van der Waals surface area contributed by atoms with Crippen LogP contribution in [-0.2, 0) is 51.0 Å². The smallest absolute Gasteiger partial charge is 0.306 e. The van der Waals surface area contributed by atoms with Crippen LogP contribution in [0.1, 0.15) is 131 Å². The Labute approximate surface area is 449 Å². The van der Waals surface area contributed by atoms with Crippen LogP contribution in [0, 0.1) is 17.8 Å². The fourth-order valence-electron chi connectivity index (χ4n) is 12.8. The monoisotopic (exact) mass is 1050 g/mol. The van der Waals surface area contributed by atoms with E-state index in [1.165, 1.54) is 24.8 Å². The van der Waals surface area contributed by atoms with Gasteiger partial charge in [0, 0.05) is 121 Å². The van der Waals surface area contributed by atoms with E-state index in [9.17, 15) is 24.0 Å². The molecule has 2 aliphatic carbocycles. The van der Waals surface area contributed by atoms with Crippen LogP contribution < -0.4 is 20.9 Å². The molecule has 3 saturated heterocycles. The van der Waals surface area contributed by atoms with E-state index in [0.29, 0.717) is 58.0 Å². The Hall–Kier alpha value is -5.65. The van der Waals surface area contributed by atoms with E-state index in [-0.39, 0.29) is 72.1 Å². The molecule has 5 fully saturated rings. The number of likely N-dealkylation sites (tertiary alicyclic amines) is 2. The first-order valence-corrected chi connectivity index (χ1v) is 28.7. The van der Waals surface area contributed by atoms with E-state index in [2.05, 4.69) is 67.1 Å². The largest absolute Gasteiger partial charge is 0.469 e. The first kappa shape index (κ1) is 55.1. The number of amides is 4. The van der Waals surface area contributed by atoms with Crippen LogP contribution in [0.4, 0.5) is 11.5 Å². The SMILES string of the molecule is COC(=O)C[C@H](CN1CC[C@@H](CCc2ccc3c(n2)NCCC3)C1)c1cccc(N2CCN(C(=O)[C@H]3CC[C@H](NC(=O)CCCO[C@H]4CC[C@H](OCCNC(=O)[C@H]5CC(=O)N(C)[C@@H]5c5cccnc5)CC4)CC3)CC2)c1. The van der Waals surface area contributed by atoms with E-state index in [0.717, 1.165) is 139 Å². The third-order valence-electron chi connectivity index (χ3n) is 17.2. The highest BCUT2D eigenvalue weighted by atomic mass is 16.5. The van der Waals surface area contributed by atoms with Crippen molar-refractivity contribution in [3.05, 3.63) is 83.3 Å². The Balaban J connectivity index is 0.620. The number of hydrogen-bond acceptors (Lipinski definition) is 13. The number of aromatic nitrogens is 2. The second-order valence-corrected chi connectivity index (χ2v) is 22.4. The lowest BCUT2D eigenvalue weighted by Crippen LogP contribution is -2.51.